The van der Waals surface area contributed by atoms with Crippen molar-refractivity contribution in [3.8, 4) is 0 Å². The lowest BCUT2D eigenvalue weighted by molar-refractivity contribution is -0.137. The molecule has 0 saturated carbocycles. The first-order chi connectivity index (χ1) is 7.82. The number of nitrogens with one attached hydrogen (secondary N) is 1. The summed E-state index contributed by atoms with van der Waals surface area (Å²) in [5.74, 6) is -3.12. The minimum Gasteiger partial charge on any atom is -0.308 e. The summed E-state index contributed by atoms with van der Waals surface area (Å²) in [5.41, 5.74) is -1.30. The van der Waals surface area contributed by atoms with Crippen molar-refractivity contribution in [3.05, 3.63) is 35.4 Å². The largest absolute Gasteiger partial charge is 0.416 e. The van der Waals surface area contributed by atoms with Crippen LogP contribution in [0.2, 0.25) is 0 Å². The molecule has 1 heterocycles. The molecule has 1 aromatic carbocycles. The van der Waals surface area contributed by atoms with E-state index in [2.05, 4.69) is 5.32 Å². The molecule has 1 fully saturated rings. The third-order valence-electron chi connectivity index (χ3n) is 2.86. The Kier molecular flexibility index (Phi) is 2.85. The van der Waals surface area contributed by atoms with E-state index < -0.39 is 23.7 Å². The maximum absolute atomic E-state index is 13.7. The third kappa shape index (κ3) is 2.26. The summed E-state index contributed by atoms with van der Waals surface area (Å²) in [6.45, 7) is 0.515. The van der Waals surface area contributed by atoms with Crippen molar-refractivity contribution in [2.24, 2.45) is 0 Å². The predicted molar refractivity (Wildman–Crippen MR) is 51.7 cm³/mol. The molecule has 1 aliphatic rings. The highest BCUT2D eigenvalue weighted by Crippen LogP contribution is 2.37. The van der Waals surface area contributed by atoms with E-state index in [1.54, 1.807) is 0 Å². The molecule has 0 spiro atoms. The Bertz CT molecular complexity index is 391. The molecule has 0 amide bonds. The number of rotatable bonds is 2. The first kappa shape index (κ1) is 12.3. The molecule has 1 unspecified atom stereocenters. The number of hydrogen-bond donors (Lipinski definition) is 1. The zero-order valence-corrected chi connectivity index (χ0v) is 8.69. The summed E-state index contributed by atoms with van der Waals surface area (Å²) >= 11 is 0. The Morgan fingerprint density at radius 3 is 1.76 bits per heavy atom. The van der Waals surface area contributed by atoms with Crippen molar-refractivity contribution in [1.29, 1.82) is 0 Å². The van der Waals surface area contributed by atoms with Crippen LogP contribution in [0.4, 0.5) is 22.0 Å². The van der Waals surface area contributed by atoms with Crippen LogP contribution in [-0.2, 0) is 12.1 Å². The van der Waals surface area contributed by atoms with Gasteiger partial charge in [-0.05, 0) is 25.1 Å². The molecule has 2 rings (SSSR count). The molecule has 6 heteroatoms. The second-order valence-corrected chi connectivity index (χ2v) is 3.99. The van der Waals surface area contributed by atoms with Crippen LogP contribution in [0.5, 0.6) is 0 Å². The summed E-state index contributed by atoms with van der Waals surface area (Å²) in [6, 6.07) is 2.06. The Morgan fingerprint density at radius 1 is 0.941 bits per heavy atom. The smallest absolute Gasteiger partial charge is 0.308 e. The molecule has 0 radical (unpaired) electrons. The Balaban J connectivity index is 2.23. The Morgan fingerprint density at radius 2 is 1.41 bits per heavy atom. The van der Waals surface area contributed by atoms with E-state index in [0.717, 1.165) is 12.1 Å². The maximum atomic E-state index is 13.7. The van der Waals surface area contributed by atoms with Gasteiger partial charge in [0.1, 0.15) is 0 Å². The van der Waals surface area contributed by atoms with Gasteiger partial charge in [0.2, 0.25) is 0 Å². The predicted octanol–water partition coefficient (Wildman–Crippen LogP) is 3.16. The second kappa shape index (κ2) is 3.94. The van der Waals surface area contributed by atoms with Gasteiger partial charge in [-0.1, -0.05) is 12.1 Å². The van der Waals surface area contributed by atoms with Crippen LogP contribution in [0.3, 0.4) is 0 Å². The van der Waals surface area contributed by atoms with Crippen LogP contribution in [0, 0.1) is 0 Å². The fraction of sp³-hybridized carbons (Fsp3) is 0.455. The molecule has 0 bridgehead atoms. The van der Waals surface area contributed by atoms with Crippen molar-refractivity contribution in [2.75, 3.05) is 6.54 Å². The van der Waals surface area contributed by atoms with Crippen molar-refractivity contribution in [2.45, 2.75) is 24.6 Å². The molecule has 0 aliphatic carbocycles. The topological polar surface area (TPSA) is 12.0 Å². The van der Waals surface area contributed by atoms with Crippen molar-refractivity contribution in [3.63, 3.8) is 0 Å². The number of alkyl halides is 5. The van der Waals surface area contributed by atoms with E-state index in [4.69, 9.17) is 0 Å². The van der Waals surface area contributed by atoms with E-state index in [0.29, 0.717) is 25.1 Å². The average Bonchev–Trinajstić information content (AvgIpc) is 2.13. The summed E-state index contributed by atoms with van der Waals surface area (Å²) in [6.07, 6.45) is -4.17. The van der Waals surface area contributed by atoms with E-state index >= 15 is 0 Å². The van der Waals surface area contributed by atoms with Gasteiger partial charge in [-0.15, -0.1) is 0 Å². The molecule has 1 nitrogen and oxygen atoms in total. The lowest BCUT2D eigenvalue weighted by Crippen LogP contribution is -2.53. The van der Waals surface area contributed by atoms with Crippen molar-refractivity contribution in [1.82, 2.24) is 5.32 Å². The molecule has 94 valence electrons. The van der Waals surface area contributed by atoms with Crippen LogP contribution in [0.1, 0.15) is 17.5 Å². The van der Waals surface area contributed by atoms with Gasteiger partial charge in [-0.2, -0.15) is 22.0 Å². The zero-order chi connectivity index (χ0) is 12.7. The first-order valence-electron chi connectivity index (χ1n) is 5.11. The van der Waals surface area contributed by atoms with Crippen molar-refractivity contribution >= 4 is 0 Å². The molecular weight excluding hydrogens is 241 g/mol. The zero-order valence-electron chi connectivity index (χ0n) is 8.69. The third-order valence-corrected chi connectivity index (χ3v) is 2.86. The van der Waals surface area contributed by atoms with Gasteiger partial charge in [0.25, 0.3) is 5.92 Å². The molecule has 1 saturated heterocycles. The lowest BCUT2D eigenvalue weighted by Gasteiger charge is -2.35. The maximum Gasteiger partial charge on any atom is 0.416 e. The Labute approximate surface area is 94.6 Å². The van der Waals surface area contributed by atoms with Crippen LogP contribution in [0.25, 0.3) is 0 Å². The summed E-state index contributed by atoms with van der Waals surface area (Å²) in [7, 11) is 0. The van der Waals surface area contributed by atoms with Gasteiger partial charge in [-0.3, -0.25) is 0 Å². The minimum atomic E-state index is -4.50. The van der Waals surface area contributed by atoms with Gasteiger partial charge in [0.05, 0.1) is 11.6 Å². The summed E-state index contributed by atoms with van der Waals surface area (Å²) in [5, 5.41) is 2.56. The standard InChI is InChI=1S/C11H10F5N/c12-10(13,9-5-6-17-9)7-1-3-8(4-2-7)11(14,15)16/h1-4,9,17H,5-6H2. The highest BCUT2D eigenvalue weighted by molar-refractivity contribution is 5.29. The lowest BCUT2D eigenvalue weighted by atomic mass is 9.93. The molecule has 1 aliphatic heterocycles. The average molecular weight is 251 g/mol. The molecule has 1 atom stereocenters. The minimum absolute atomic E-state index is 0.327. The highest BCUT2D eigenvalue weighted by atomic mass is 19.4. The SMILES string of the molecule is FC(F)(F)c1ccc(C(F)(F)C2CCN2)cc1. The quantitative estimate of drug-likeness (QED) is 0.796. The monoisotopic (exact) mass is 251 g/mol. The first-order valence-corrected chi connectivity index (χ1v) is 5.11. The molecule has 0 aromatic heterocycles. The molecular formula is C11H10F5N. The summed E-state index contributed by atoms with van der Waals surface area (Å²) in [4.78, 5) is 0. The normalized spacial score (nSPS) is 21.1. The Hall–Kier alpha value is -1.17. The number of benzene rings is 1. The van der Waals surface area contributed by atoms with Gasteiger partial charge >= 0.3 is 6.18 Å². The van der Waals surface area contributed by atoms with E-state index in [9.17, 15) is 22.0 Å². The van der Waals surface area contributed by atoms with Crippen LogP contribution in [-0.4, -0.2) is 12.6 Å². The van der Waals surface area contributed by atoms with E-state index in [-0.39, 0.29) is 5.56 Å². The van der Waals surface area contributed by atoms with Crippen LogP contribution >= 0.6 is 0 Å². The van der Waals surface area contributed by atoms with E-state index in [1.807, 2.05) is 0 Å². The summed E-state index contributed by atoms with van der Waals surface area (Å²) < 4.78 is 64.1. The fourth-order valence-corrected chi connectivity index (χ4v) is 1.68. The number of hydrogen-bond acceptors (Lipinski definition) is 1. The fourth-order valence-electron chi connectivity index (χ4n) is 1.68. The van der Waals surface area contributed by atoms with E-state index in [1.165, 1.54) is 0 Å². The molecule has 17 heavy (non-hydrogen) atoms. The number of halogens is 5. The highest BCUT2D eigenvalue weighted by Gasteiger charge is 2.44. The van der Waals surface area contributed by atoms with Crippen LogP contribution in [0.15, 0.2) is 24.3 Å². The van der Waals surface area contributed by atoms with Crippen LogP contribution < -0.4 is 5.32 Å². The van der Waals surface area contributed by atoms with Gasteiger partial charge in [0.15, 0.2) is 0 Å². The molecule has 1 aromatic rings. The second-order valence-electron chi connectivity index (χ2n) is 3.99. The van der Waals surface area contributed by atoms with Gasteiger partial charge in [-0.25, -0.2) is 0 Å². The molecule has 1 N–H and O–H groups in total. The van der Waals surface area contributed by atoms with Gasteiger partial charge in [0, 0.05) is 5.56 Å². The van der Waals surface area contributed by atoms with Gasteiger partial charge < -0.3 is 5.32 Å². The van der Waals surface area contributed by atoms with Crippen molar-refractivity contribution < 1.29 is 22.0 Å².